The monoisotopic (exact) mass is 540 g/mol. The molecule has 0 aliphatic rings. The van der Waals surface area contributed by atoms with Crippen molar-refractivity contribution < 1.29 is 17.9 Å². The fourth-order valence-electron chi connectivity index (χ4n) is 2.17. The Morgan fingerprint density at radius 2 is 1.76 bits per heavy atom. The SMILES string of the molecule is CCNC(=NCCS(C)(=O)=O)NCCc1ccc(NC(=O)OC(C)(C)C)cc1.I. The third-order valence-electron chi connectivity index (χ3n) is 3.38. The predicted molar refractivity (Wildman–Crippen MR) is 129 cm³/mol. The van der Waals surface area contributed by atoms with Crippen LogP contribution >= 0.6 is 24.0 Å². The Hall–Kier alpha value is -1.56. The number of carbonyl (C=O) groups excluding carboxylic acids is 1. The van der Waals surface area contributed by atoms with Crippen molar-refractivity contribution in [3.8, 4) is 0 Å². The molecule has 3 N–H and O–H groups in total. The summed E-state index contributed by atoms with van der Waals surface area (Å²) in [5.74, 6) is 0.615. The fourth-order valence-corrected chi connectivity index (χ4v) is 2.59. The summed E-state index contributed by atoms with van der Waals surface area (Å²) < 4.78 is 27.6. The average molecular weight is 540 g/mol. The van der Waals surface area contributed by atoms with Crippen molar-refractivity contribution in [1.29, 1.82) is 0 Å². The number of amides is 1. The van der Waals surface area contributed by atoms with Gasteiger partial charge in [-0.2, -0.15) is 0 Å². The van der Waals surface area contributed by atoms with Crippen LogP contribution in [0.2, 0.25) is 0 Å². The quantitative estimate of drug-likeness (QED) is 0.266. The van der Waals surface area contributed by atoms with Gasteiger partial charge in [0.25, 0.3) is 0 Å². The number of aliphatic imine (C=N–C) groups is 1. The van der Waals surface area contributed by atoms with Gasteiger partial charge in [-0.15, -0.1) is 24.0 Å². The molecule has 0 bridgehead atoms. The highest BCUT2D eigenvalue weighted by molar-refractivity contribution is 14.0. The highest BCUT2D eigenvalue weighted by Gasteiger charge is 2.16. The lowest BCUT2D eigenvalue weighted by Gasteiger charge is -2.19. The lowest BCUT2D eigenvalue weighted by Crippen LogP contribution is -2.38. The fraction of sp³-hybridized carbons (Fsp3) is 0.579. The van der Waals surface area contributed by atoms with Crippen molar-refractivity contribution in [1.82, 2.24) is 10.6 Å². The molecule has 0 aliphatic heterocycles. The van der Waals surface area contributed by atoms with E-state index in [2.05, 4.69) is 20.9 Å². The van der Waals surface area contributed by atoms with Crippen LogP contribution < -0.4 is 16.0 Å². The zero-order valence-corrected chi connectivity index (χ0v) is 20.9. The molecule has 0 fully saturated rings. The zero-order valence-electron chi connectivity index (χ0n) is 17.7. The third kappa shape index (κ3) is 14.1. The van der Waals surface area contributed by atoms with Crippen LogP contribution in [0.25, 0.3) is 0 Å². The van der Waals surface area contributed by atoms with Gasteiger partial charge in [-0.25, -0.2) is 13.2 Å². The highest BCUT2D eigenvalue weighted by atomic mass is 127. The molecule has 0 heterocycles. The van der Waals surface area contributed by atoms with Crippen LogP contribution in [0.5, 0.6) is 0 Å². The van der Waals surface area contributed by atoms with E-state index in [1.54, 1.807) is 0 Å². The number of anilines is 1. The Bertz CT molecular complexity index is 759. The minimum absolute atomic E-state index is 0. The summed E-state index contributed by atoms with van der Waals surface area (Å²) in [5, 5.41) is 8.97. The minimum Gasteiger partial charge on any atom is -0.444 e. The number of hydrogen-bond acceptors (Lipinski definition) is 5. The Kier molecular flexibility index (Phi) is 12.2. The smallest absolute Gasteiger partial charge is 0.412 e. The van der Waals surface area contributed by atoms with Gasteiger partial charge >= 0.3 is 6.09 Å². The Morgan fingerprint density at radius 1 is 1.14 bits per heavy atom. The van der Waals surface area contributed by atoms with Crippen LogP contribution in [0.3, 0.4) is 0 Å². The largest absolute Gasteiger partial charge is 0.444 e. The van der Waals surface area contributed by atoms with Gasteiger partial charge in [0.15, 0.2) is 5.96 Å². The molecule has 1 aromatic carbocycles. The molecule has 0 radical (unpaired) electrons. The first-order valence-electron chi connectivity index (χ1n) is 9.27. The Balaban J connectivity index is 0.00000784. The first-order chi connectivity index (χ1) is 13.0. The van der Waals surface area contributed by atoms with E-state index in [1.807, 2.05) is 52.0 Å². The molecular weight excluding hydrogens is 507 g/mol. The van der Waals surface area contributed by atoms with Gasteiger partial charge in [-0.1, -0.05) is 12.1 Å². The molecule has 1 rings (SSSR count). The molecule has 166 valence electrons. The van der Waals surface area contributed by atoms with Gasteiger partial charge in [0.05, 0.1) is 12.3 Å². The lowest BCUT2D eigenvalue weighted by molar-refractivity contribution is 0.0636. The number of sulfone groups is 1. The Morgan fingerprint density at radius 3 is 2.28 bits per heavy atom. The number of halogens is 1. The molecule has 0 aromatic heterocycles. The summed E-state index contributed by atoms with van der Waals surface area (Å²) >= 11 is 0. The molecule has 0 unspecified atom stereocenters. The molecule has 0 atom stereocenters. The van der Waals surface area contributed by atoms with Crippen molar-refractivity contribution in [2.24, 2.45) is 4.99 Å². The maximum atomic E-state index is 11.8. The van der Waals surface area contributed by atoms with Crippen molar-refractivity contribution in [3.05, 3.63) is 29.8 Å². The molecule has 1 amide bonds. The van der Waals surface area contributed by atoms with Crippen LogP contribution in [0.1, 0.15) is 33.3 Å². The first-order valence-corrected chi connectivity index (χ1v) is 11.3. The summed E-state index contributed by atoms with van der Waals surface area (Å²) in [6, 6.07) is 7.51. The van der Waals surface area contributed by atoms with Crippen LogP contribution in [0.15, 0.2) is 29.3 Å². The van der Waals surface area contributed by atoms with E-state index < -0.39 is 21.5 Å². The molecule has 10 heteroatoms. The highest BCUT2D eigenvalue weighted by Crippen LogP contribution is 2.13. The van der Waals surface area contributed by atoms with E-state index in [0.29, 0.717) is 24.7 Å². The summed E-state index contributed by atoms with van der Waals surface area (Å²) in [6.45, 7) is 8.95. The first kappa shape index (κ1) is 27.4. The number of benzene rings is 1. The number of guanidine groups is 1. The molecule has 1 aromatic rings. The van der Waals surface area contributed by atoms with Gasteiger partial charge in [-0.05, 0) is 51.8 Å². The molecular formula is C19H33IN4O4S. The number of nitrogens with one attached hydrogen (secondary N) is 3. The van der Waals surface area contributed by atoms with Crippen LogP contribution in [0.4, 0.5) is 10.5 Å². The second-order valence-electron chi connectivity index (χ2n) is 7.39. The van der Waals surface area contributed by atoms with Crippen LogP contribution in [-0.2, 0) is 21.0 Å². The van der Waals surface area contributed by atoms with Crippen molar-refractivity contribution in [2.45, 2.75) is 39.7 Å². The standard InChI is InChI=1S/C19H32N4O4S.HI/c1-6-20-17(22-13-14-28(5,25)26)21-12-11-15-7-9-16(10-8-15)23-18(24)27-19(2,3)4;/h7-10H,6,11-14H2,1-5H3,(H,23,24)(H2,20,21,22);1H. The van der Waals surface area contributed by atoms with E-state index in [9.17, 15) is 13.2 Å². The van der Waals surface area contributed by atoms with Gasteiger partial charge in [-0.3, -0.25) is 10.3 Å². The van der Waals surface area contributed by atoms with Crippen LogP contribution in [0, 0.1) is 0 Å². The topological polar surface area (TPSA) is 109 Å². The molecule has 0 saturated carbocycles. The molecule has 29 heavy (non-hydrogen) atoms. The number of nitrogens with zero attached hydrogens (tertiary/aromatic N) is 1. The van der Waals surface area contributed by atoms with Gasteiger partial charge in [0, 0.05) is 25.0 Å². The number of rotatable bonds is 8. The lowest BCUT2D eigenvalue weighted by atomic mass is 10.1. The van der Waals surface area contributed by atoms with E-state index >= 15 is 0 Å². The van der Waals surface area contributed by atoms with E-state index in [1.165, 1.54) is 6.26 Å². The van der Waals surface area contributed by atoms with Crippen molar-refractivity contribution >= 4 is 51.6 Å². The summed E-state index contributed by atoms with van der Waals surface area (Å²) in [7, 11) is -3.02. The van der Waals surface area contributed by atoms with Gasteiger partial charge in [0.1, 0.15) is 15.4 Å². The van der Waals surface area contributed by atoms with Crippen molar-refractivity contribution in [2.75, 3.05) is 37.0 Å². The maximum absolute atomic E-state index is 11.8. The summed E-state index contributed by atoms with van der Waals surface area (Å²) in [5.41, 5.74) is 1.22. The van der Waals surface area contributed by atoms with E-state index in [0.717, 1.165) is 12.0 Å². The number of hydrogen-bond donors (Lipinski definition) is 3. The second-order valence-corrected chi connectivity index (χ2v) is 9.65. The van der Waals surface area contributed by atoms with Crippen LogP contribution in [-0.4, -0.2) is 57.7 Å². The van der Waals surface area contributed by atoms with E-state index in [4.69, 9.17) is 4.74 Å². The molecule has 0 spiro atoms. The number of ether oxygens (including phenoxy) is 1. The predicted octanol–water partition coefficient (Wildman–Crippen LogP) is 2.79. The third-order valence-corrected chi connectivity index (χ3v) is 4.31. The normalized spacial score (nSPS) is 12.0. The summed E-state index contributed by atoms with van der Waals surface area (Å²) in [4.78, 5) is 16.0. The van der Waals surface area contributed by atoms with Crippen molar-refractivity contribution in [3.63, 3.8) is 0 Å². The molecule has 0 aliphatic carbocycles. The molecule has 8 nitrogen and oxygen atoms in total. The van der Waals surface area contributed by atoms with Gasteiger partial charge < -0.3 is 15.4 Å². The Labute approximate surface area is 191 Å². The maximum Gasteiger partial charge on any atom is 0.412 e. The van der Waals surface area contributed by atoms with Gasteiger partial charge in [0.2, 0.25) is 0 Å². The average Bonchev–Trinajstić information content (AvgIpc) is 2.53. The number of carbonyl (C=O) groups is 1. The zero-order chi connectivity index (χ0) is 21.2. The van der Waals surface area contributed by atoms with E-state index in [-0.39, 0.29) is 36.3 Å². The molecule has 0 saturated heterocycles. The second kappa shape index (κ2) is 12.9. The summed E-state index contributed by atoms with van der Waals surface area (Å²) in [6.07, 6.45) is 1.47. The minimum atomic E-state index is -3.02.